The molecule has 0 atom stereocenters. The van der Waals surface area contributed by atoms with Gasteiger partial charge in [0.25, 0.3) is 5.91 Å². The lowest BCUT2D eigenvalue weighted by Crippen LogP contribution is -2.24. The van der Waals surface area contributed by atoms with E-state index in [0.717, 1.165) is 41.1 Å². The first-order valence-corrected chi connectivity index (χ1v) is 9.98. The highest BCUT2D eigenvalue weighted by Gasteiger charge is 2.21. The van der Waals surface area contributed by atoms with Crippen LogP contribution in [0, 0.1) is 0 Å². The Morgan fingerprint density at radius 2 is 2.00 bits per heavy atom. The van der Waals surface area contributed by atoms with Gasteiger partial charge in [0, 0.05) is 36.3 Å². The van der Waals surface area contributed by atoms with Gasteiger partial charge in [-0.2, -0.15) is 0 Å². The summed E-state index contributed by atoms with van der Waals surface area (Å²) < 4.78 is 0. The third-order valence-electron chi connectivity index (χ3n) is 4.96. The van der Waals surface area contributed by atoms with Gasteiger partial charge in [-0.25, -0.2) is 4.98 Å². The number of carbonyl (C=O) groups is 1. The molecule has 3 aromatic rings. The van der Waals surface area contributed by atoms with Crippen LogP contribution < -0.4 is 16.4 Å². The second-order valence-corrected chi connectivity index (χ2v) is 9.00. The molecule has 3 heterocycles. The zero-order valence-corrected chi connectivity index (χ0v) is 16.7. The summed E-state index contributed by atoms with van der Waals surface area (Å²) >= 11 is 1.36. The predicted octanol–water partition coefficient (Wildman–Crippen LogP) is 4.07. The van der Waals surface area contributed by atoms with E-state index in [2.05, 4.69) is 37.5 Å². The number of fused-ring (bicyclic) bond motifs is 2. The summed E-state index contributed by atoms with van der Waals surface area (Å²) in [6.45, 7) is 8.24. The molecule has 0 saturated heterocycles. The highest BCUT2D eigenvalue weighted by atomic mass is 32.1. The predicted molar refractivity (Wildman–Crippen MR) is 113 cm³/mol. The molecule has 140 valence electrons. The van der Waals surface area contributed by atoms with Crippen molar-refractivity contribution in [1.82, 2.24) is 10.3 Å². The smallest absolute Gasteiger partial charge is 0.267 e. The van der Waals surface area contributed by atoms with Crippen molar-refractivity contribution in [1.29, 1.82) is 0 Å². The summed E-state index contributed by atoms with van der Waals surface area (Å²) in [6, 6.07) is 10.0. The molecule has 0 fully saturated rings. The molecule has 5 nitrogen and oxygen atoms in total. The summed E-state index contributed by atoms with van der Waals surface area (Å²) in [5.74, 6) is -0.185. The Labute approximate surface area is 163 Å². The van der Waals surface area contributed by atoms with Gasteiger partial charge in [-0.05, 0) is 34.7 Å². The number of pyridine rings is 1. The first kappa shape index (κ1) is 17.9. The molecule has 6 heteroatoms. The molecule has 0 saturated carbocycles. The minimum atomic E-state index is -0.185. The van der Waals surface area contributed by atoms with Gasteiger partial charge >= 0.3 is 0 Å². The zero-order chi connectivity index (χ0) is 19.2. The highest BCUT2D eigenvalue weighted by molar-refractivity contribution is 7.21. The van der Waals surface area contributed by atoms with Crippen molar-refractivity contribution in [3.05, 3.63) is 52.0 Å². The lowest BCUT2D eigenvalue weighted by atomic mass is 9.87. The number of nitrogens with zero attached hydrogens (tertiary/aromatic N) is 1. The third-order valence-corrected chi connectivity index (χ3v) is 6.07. The molecule has 0 spiro atoms. The fourth-order valence-electron chi connectivity index (χ4n) is 3.33. The average molecular weight is 381 g/mol. The van der Waals surface area contributed by atoms with E-state index < -0.39 is 0 Å². The van der Waals surface area contributed by atoms with Crippen molar-refractivity contribution < 1.29 is 4.79 Å². The Kier molecular flexibility index (Phi) is 4.40. The largest absolute Gasteiger partial charge is 0.397 e. The van der Waals surface area contributed by atoms with E-state index >= 15 is 0 Å². The van der Waals surface area contributed by atoms with Gasteiger partial charge in [0.15, 0.2) is 0 Å². The van der Waals surface area contributed by atoms with E-state index in [1.807, 2.05) is 24.3 Å². The number of aromatic nitrogens is 1. The van der Waals surface area contributed by atoms with E-state index in [9.17, 15) is 4.79 Å². The lowest BCUT2D eigenvalue weighted by molar-refractivity contribution is 0.103. The van der Waals surface area contributed by atoms with E-state index in [4.69, 9.17) is 10.7 Å². The van der Waals surface area contributed by atoms with Crippen molar-refractivity contribution in [3.8, 4) is 0 Å². The Balaban J connectivity index is 1.62. The minimum absolute atomic E-state index is 0.0814. The number of thiophene rings is 1. The number of carbonyl (C=O) groups excluding carboxylic acids is 1. The minimum Gasteiger partial charge on any atom is -0.397 e. The van der Waals surface area contributed by atoms with Crippen LogP contribution in [0.15, 0.2) is 30.3 Å². The monoisotopic (exact) mass is 380 g/mol. The average Bonchev–Trinajstić information content (AvgIpc) is 2.96. The number of anilines is 2. The number of nitrogen functional groups attached to an aromatic ring is 1. The molecule has 2 aromatic heterocycles. The van der Waals surface area contributed by atoms with Crippen LogP contribution in [-0.2, 0) is 18.4 Å². The Hall–Kier alpha value is -2.44. The number of nitrogens with two attached hydrogens (primary N) is 1. The second-order valence-electron chi connectivity index (χ2n) is 8.00. The molecule has 1 aromatic carbocycles. The maximum atomic E-state index is 12.8. The van der Waals surface area contributed by atoms with Crippen LogP contribution in [0.4, 0.5) is 11.4 Å². The van der Waals surface area contributed by atoms with Gasteiger partial charge in [0.2, 0.25) is 0 Å². The quantitative estimate of drug-likeness (QED) is 0.626. The van der Waals surface area contributed by atoms with Crippen molar-refractivity contribution in [2.75, 3.05) is 17.6 Å². The molecule has 27 heavy (non-hydrogen) atoms. The number of hydrogen-bond acceptors (Lipinski definition) is 5. The molecule has 0 unspecified atom stereocenters. The van der Waals surface area contributed by atoms with E-state index in [1.165, 1.54) is 22.5 Å². The fourth-order valence-corrected chi connectivity index (χ4v) is 4.32. The van der Waals surface area contributed by atoms with Crippen LogP contribution in [0.2, 0.25) is 0 Å². The third kappa shape index (κ3) is 3.42. The van der Waals surface area contributed by atoms with Crippen molar-refractivity contribution in [2.24, 2.45) is 0 Å². The molecule has 1 aliphatic heterocycles. The second kappa shape index (κ2) is 6.62. The van der Waals surface area contributed by atoms with E-state index in [0.29, 0.717) is 10.6 Å². The summed E-state index contributed by atoms with van der Waals surface area (Å²) in [5.41, 5.74) is 11.2. The molecular formula is C21H24N4OS. The Morgan fingerprint density at radius 3 is 2.70 bits per heavy atom. The van der Waals surface area contributed by atoms with Gasteiger partial charge in [0.05, 0.1) is 5.69 Å². The van der Waals surface area contributed by atoms with Crippen LogP contribution >= 0.6 is 11.3 Å². The van der Waals surface area contributed by atoms with Crippen molar-refractivity contribution in [2.45, 2.75) is 39.2 Å². The van der Waals surface area contributed by atoms with E-state index in [-0.39, 0.29) is 11.3 Å². The van der Waals surface area contributed by atoms with Gasteiger partial charge in [-0.3, -0.25) is 4.79 Å². The van der Waals surface area contributed by atoms with Crippen LogP contribution in [0.5, 0.6) is 0 Å². The van der Waals surface area contributed by atoms with Gasteiger partial charge in [-0.1, -0.05) is 32.9 Å². The summed E-state index contributed by atoms with van der Waals surface area (Å²) in [5, 5.41) is 7.18. The van der Waals surface area contributed by atoms with Gasteiger partial charge < -0.3 is 16.4 Å². The SMILES string of the molecule is CC(C)(C)c1ccc(NC(=O)c2sc3nc4c(cc3c2N)CNCC4)cc1. The maximum absolute atomic E-state index is 12.8. The Bertz CT molecular complexity index is 1020. The van der Waals surface area contributed by atoms with Gasteiger partial charge in [-0.15, -0.1) is 11.3 Å². The summed E-state index contributed by atoms with van der Waals surface area (Å²) in [6.07, 6.45) is 0.907. The van der Waals surface area contributed by atoms with E-state index in [1.54, 1.807) is 0 Å². The molecule has 0 radical (unpaired) electrons. The summed E-state index contributed by atoms with van der Waals surface area (Å²) in [4.78, 5) is 18.9. The Morgan fingerprint density at radius 1 is 1.26 bits per heavy atom. The molecule has 4 N–H and O–H groups in total. The number of hydrogen-bond donors (Lipinski definition) is 3. The maximum Gasteiger partial charge on any atom is 0.267 e. The highest BCUT2D eigenvalue weighted by Crippen LogP contribution is 2.35. The molecule has 1 aliphatic rings. The normalized spacial score (nSPS) is 14.2. The van der Waals surface area contributed by atoms with Crippen LogP contribution in [-0.4, -0.2) is 17.4 Å². The van der Waals surface area contributed by atoms with Crippen LogP contribution in [0.25, 0.3) is 10.2 Å². The number of rotatable bonds is 2. The molecule has 1 amide bonds. The fraction of sp³-hybridized carbons (Fsp3) is 0.333. The molecular weight excluding hydrogens is 356 g/mol. The molecule has 0 bridgehead atoms. The van der Waals surface area contributed by atoms with Gasteiger partial charge in [0.1, 0.15) is 9.71 Å². The number of nitrogens with one attached hydrogen (secondary N) is 2. The number of benzene rings is 1. The first-order valence-electron chi connectivity index (χ1n) is 9.16. The first-order chi connectivity index (χ1) is 12.8. The number of amides is 1. The topological polar surface area (TPSA) is 80.0 Å². The molecule has 4 rings (SSSR count). The zero-order valence-electron chi connectivity index (χ0n) is 15.8. The van der Waals surface area contributed by atoms with Crippen LogP contribution in [0.1, 0.15) is 47.3 Å². The summed E-state index contributed by atoms with van der Waals surface area (Å²) in [7, 11) is 0. The van der Waals surface area contributed by atoms with Crippen molar-refractivity contribution >= 4 is 38.8 Å². The molecule has 0 aliphatic carbocycles. The van der Waals surface area contributed by atoms with Crippen molar-refractivity contribution in [3.63, 3.8) is 0 Å². The standard InChI is InChI=1S/C21H24N4OS/c1-21(2,3)13-4-6-14(7-5-13)24-19(26)18-17(22)15-10-12-11-23-9-8-16(12)25-20(15)27-18/h4-7,10,23H,8-9,11,22H2,1-3H3,(H,24,26). The van der Waals surface area contributed by atoms with Crippen LogP contribution in [0.3, 0.4) is 0 Å². The lowest BCUT2D eigenvalue weighted by Gasteiger charge is -2.19.